The lowest BCUT2D eigenvalue weighted by atomic mass is 9.44. The number of methoxy groups -OCH3 is 1. The van der Waals surface area contributed by atoms with Gasteiger partial charge in [0.05, 0.1) is 32.0 Å². The number of allylic oxidation sites excluding steroid dienone is 1. The zero-order valence-corrected chi connectivity index (χ0v) is 27.8. The molecular formula is C38H58N2O4. The van der Waals surface area contributed by atoms with Crippen molar-refractivity contribution in [2.24, 2.45) is 22.7 Å². The van der Waals surface area contributed by atoms with Gasteiger partial charge in [-0.2, -0.15) is 0 Å². The van der Waals surface area contributed by atoms with Crippen molar-refractivity contribution in [3.63, 3.8) is 0 Å². The molecule has 4 aliphatic carbocycles. The number of fused-ring (bicyclic) bond motifs is 5. The summed E-state index contributed by atoms with van der Waals surface area (Å²) < 4.78 is 19.2. The molecule has 0 aromatic heterocycles. The number of nitrogens with zero attached hydrogens (tertiary/aromatic N) is 2. The topological polar surface area (TPSA) is 54.4 Å². The van der Waals surface area contributed by atoms with Crippen LogP contribution in [0.3, 0.4) is 0 Å². The lowest BCUT2D eigenvalue weighted by molar-refractivity contribution is -0.236. The molecule has 7 rings (SSSR count). The van der Waals surface area contributed by atoms with Gasteiger partial charge in [-0.25, -0.2) is 0 Å². The highest BCUT2D eigenvalue weighted by molar-refractivity contribution is 5.38. The summed E-state index contributed by atoms with van der Waals surface area (Å²) in [5.74, 6) is 1.69. The Morgan fingerprint density at radius 1 is 0.795 bits per heavy atom. The van der Waals surface area contributed by atoms with E-state index in [0.29, 0.717) is 11.8 Å². The van der Waals surface area contributed by atoms with E-state index in [1.807, 2.05) is 0 Å². The number of hydrogen-bond acceptors (Lipinski definition) is 6. The summed E-state index contributed by atoms with van der Waals surface area (Å²) in [6.07, 6.45) is 16.3. The summed E-state index contributed by atoms with van der Waals surface area (Å²) in [4.78, 5) is 5.10. The van der Waals surface area contributed by atoms with E-state index in [1.165, 1.54) is 63.8 Å². The molecule has 0 bridgehead atoms. The second kappa shape index (κ2) is 12.3. The van der Waals surface area contributed by atoms with E-state index in [1.54, 1.807) is 12.7 Å². The van der Waals surface area contributed by atoms with E-state index in [-0.39, 0.29) is 16.9 Å². The number of hydrogen-bond donors (Lipinski definition) is 1. The average molecular weight is 607 g/mol. The van der Waals surface area contributed by atoms with Crippen molar-refractivity contribution in [2.45, 2.75) is 108 Å². The first-order valence-electron chi connectivity index (χ1n) is 18.1. The molecule has 7 atom stereocenters. The third kappa shape index (κ3) is 5.10. The Morgan fingerprint density at radius 2 is 1.48 bits per heavy atom. The molecule has 6 nitrogen and oxygen atoms in total. The fourth-order valence-corrected chi connectivity index (χ4v) is 11.1. The van der Waals surface area contributed by atoms with Gasteiger partial charge in [0.2, 0.25) is 0 Å². The molecule has 1 aromatic rings. The Morgan fingerprint density at radius 3 is 2.16 bits per heavy atom. The zero-order valence-electron chi connectivity index (χ0n) is 27.8. The molecule has 5 fully saturated rings. The van der Waals surface area contributed by atoms with Crippen LogP contribution in [0.15, 0.2) is 35.9 Å². The van der Waals surface area contributed by atoms with Gasteiger partial charge < -0.3 is 29.1 Å². The van der Waals surface area contributed by atoms with E-state index < -0.39 is 11.2 Å². The molecule has 1 N–H and O–H groups in total. The number of rotatable bonds is 10. The van der Waals surface area contributed by atoms with Gasteiger partial charge >= 0.3 is 0 Å². The first-order valence-corrected chi connectivity index (χ1v) is 18.1. The molecule has 2 heterocycles. The van der Waals surface area contributed by atoms with Gasteiger partial charge in [-0.3, -0.25) is 0 Å². The van der Waals surface area contributed by atoms with E-state index in [2.05, 4.69) is 54.0 Å². The summed E-state index contributed by atoms with van der Waals surface area (Å²) in [6, 6.07) is 8.59. The monoisotopic (exact) mass is 606 g/mol. The van der Waals surface area contributed by atoms with Crippen LogP contribution in [0.1, 0.15) is 96.5 Å². The SMILES string of the molecule is COc1ccc([C@@]2(OCCN3CCCC3)CC[C@]3(O)[C@@H]4CCC5=C[C@@H](OCCN6CCCC6)CC[C@]5(C)[C@H]4CC[C@]23C)cc1. The highest BCUT2D eigenvalue weighted by atomic mass is 16.5. The molecule has 6 aliphatic rings. The lowest BCUT2D eigenvalue weighted by Gasteiger charge is -2.63. The summed E-state index contributed by atoms with van der Waals surface area (Å²) in [7, 11) is 1.73. The van der Waals surface area contributed by atoms with E-state index in [9.17, 15) is 5.11 Å². The predicted molar refractivity (Wildman–Crippen MR) is 175 cm³/mol. The minimum absolute atomic E-state index is 0.163. The van der Waals surface area contributed by atoms with Crippen LogP contribution < -0.4 is 4.74 Å². The maximum absolute atomic E-state index is 13.1. The van der Waals surface area contributed by atoms with Gasteiger partial charge in [0, 0.05) is 18.5 Å². The number of likely N-dealkylation sites (tertiary alicyclic amines) is 2. The molecule has 6 heteroatoms. The van der Waals surface area contributed by atoms with Crippen molar-refractivity contribution >= 4 is 0 Å². The summed E-state index contributed by atoms with van der Waals surface area (Å²) in [6.45, 7) is 13.4. The smallest absolute Gasteiger partial charge is 0.118 e. The zero-order chi connectivity index (χ0) is 30.4. The van der Waals surface area contributed by atoms with Gasteiger partial charge in [-0.1, -0.05) is 37.6 Å². The van der Waals surface area contributed by atoms with Crippen molar-refractivity contribution in [3.05, 3.63) is 41.5 Å². The van der Waals surface area contributed by atoms with E-state index in [0.717, 1.165) is 77.0 Å². The van der Waals surface area contributed by atoms with Crippen molar-refractivity contribution in [1.82, 2.24) is 9.80 Å². The van der Waals surface area contributed by atoms with Gasteiger partial charge in [-0.05, 0) is 138 Å². The number of aliphatic hydroxyl groups is 1. The van der Waals surface area contributed by atoms with Crippen LogP contribution in [0.4, 0.5) is 0 Å². The Kier molecular flexibility index (Phi) is 8.71. The molecule has 0 radical (unpaired) electrons. The average Bonchev–Trinajstić information content (AvgIpc) is 3.80. The molecule has 0 amide bonds. The molecular weight excluding hydrogens is 548 g/mol. The van der Waals surface area contributed by atoms with Gasteiger partial charge in [0.25, 0.3) is 0 Å². The summed E-state index contributed by atoms with van der Waals surface area (Å²) in [5.41, 5.74) is 1.43. The van der Waals surface area contributed by atoms with Crippen LogP contribution in [0, 0.1) is 22.7 Å². The highest BCUT2D eigenvalue weighted by Gasteiger charge is 2.72. The molecule has 2 aliphatic heterocycles. The molecule has 2 saturated heterocycles. The molecule has 0 spiro atoms. The number of ether oxygens (including phenoxy) is 3. The van der Waals surface area contributed by atoms with Crippen molar-refractivity contribution in [3.8, 4) is 5.75 Å². The Balaban J connectivity index is 1.11. The molecule has 3 saturated carbocycles. The van der Waals surface area contributed by atoms with Gasteiger partial charge in [0.1, 0.15) is 11.4 Å². The van der Waals surface area contributed by atoms with Crippen LogP contribution in [0.2, 0.25) is 0 Å². The molecule has 1 aromatic carbocycles. The Bertz CT molecular complexity index is 1180. The van der Waals surface area contributed by atoms with Crippen LogP contribution in [0.25, 0.3) is 0 Å². The van der Waals surface area contributed by atoms with Crippen molar-refractivity contribution in [1.29, 1.82) is 0 Å². The third-order valence-electron chi connectivity index (χ3n) is 13.8. The predicted octanol–water partition coefficient (Wildman–Crippen LogP) is 6.56. The second-order valence-corrected chi connectivity index (χ2v) is 15.6. The van der Waals surface area contributed by atoms with E-state index >= 15 is 0 Å². The van der Waals surface area contributed by atoms with Crippen molar-refractivity contribution in [2.75, 3.05) is 59.6 Å². The molecule has 44 heavy (non-hydrogen) atoms. The van der Waals surface area contributed by atoms with Crippen LogP contribution in [-0.2, 0) is 15.1 Å². The van der Waals surface area contributed by atoms with Crippen molar-refractivity contribution < 1.29 is 19.3 Å². The van der Waals surface area contributed by atoms with Crippen LogP contribution in [0.5, 0.6) is 5.75 Å². The number of benzene rings is 1. The highest BCUT2D eigenvalue weighted by Crippen LogP contribution is 2.72. The Labute approximate surface area is 266 Å². The largest absolute Gasteiger partial charge is 0.497 e. The summed E-state index contributed by atoms with van der Waals surface area (Å²) >= 11 is 0. The van der Waals surface area contributed by atoms with Gasteiger partial charge in [0.15, 0.2) is 0 Å². The lowest BCUT2D eigenvalue weighted by Crippen LogP contribution is -2.64. The maximum atomic E-state index is 13.1. The second-order valence-electron chi connectivity index (χ2n) is 15.6. The first-order chi connectivity index (χ1) is 21.3. The van der Waals surface area contributed by atoms with E-state index in [4.69, 9.17) is 14.2 Å². The minimum atomic E-state index is -0.735. The third-order valence-corrected chi connectivity index (χ3v) is 13.8. The van der Waals surface area contributed by atoms with Crippen LogP contribution >= 0.6 is 0 Å². The standard InChI is InChI=1S/C38H58N2O4/c1-35-16-14-32(43-26-24-39-20-4-5-21-39)28-30(35)10-13-34-33(35)15-17-36(2)37(34,41)18-19-38(36,29-8-11-31(42-3)12-9-29)44-27-25-40-22-6-7-23-40/h8-9,11-12,28,32-34,41H,4-7,10,13-27H2,1-3H3/t32-,33-,34+,35-,36-,37-,38-/m0/s1. The van der Waals surface area contributed by atoms with Gasteiger partial charge in [-0.15, -0.1) is 0 Å². The first kappa shape index (κ1) is 31.2. The quantitative estimate of drug-likeness (QED) is 0.305. The fourth-order valence-electron chi connectivity index (χ4n) is 11.1. The molecule has 244 valence electrons. The minimum Gasteiger partial charge on any atom is -0.497 e. The summed E-state index contributed by atoms with van der Waals surface area (Å²) in [5, 5.41) is 13.1. The maximum Gasteiger partial charge on any atom is 0.118 e. The fraction of sp³-hybridized carbons (Fsp3) is 0.789. The normalized spacial score (nSPS) is 40.8. The molecule has 0 unspecified atom stereocenters. The van der Waals surface area contributed by atoms with Crippen LogP contribution in [-0.4, -0.2) is 86.2 Å². The Hall–Kier alpha value is -1.44.